The van der Waals surface area contributed by atoms with Crippen LogP contribution in [0.1, 0.15) is 5.82 Å². The molecule has 0 N–H and O–H groups in total. The van der Waals surface area contributed by atoms with E-state index in [4.69, 9.17) is 0 Å². The van der Waals surface area contributed by atoms with Crippen LogP contribution in [-0.2, 0) is 0 Å². The summed E-state index contributed by atoms with van der Waals surface area (Å²) < 4.78 is 1.89. The van der Waals surface area contributed by atoms with Crippen molar-refractivity contribution in [2.45, 2.75) is 6.92 Å². The third-order valence-corrected chi connectivity index (χ3v) is 2.77. The Morgan fingerprint density at radius 2 is 1.83 bits per heavy atom. The van der Waals surface area contributed by atoms with Crippen molar-refractivity contribution in [3.8, 4) is 16.9 Å². The molecule has 88 valence electrons. The molecule has 3 rings (SSSR count). The number of hydrogen-bond acceptors (Lipinski definition) is 3. The Bertz CT molecular complexity index is 719. The lowest BCUT2D eigenvalue weighted by Gasteiger charge is -2.10. The van der Waals surface area contributed by atoms with Crippen LogP contribution in [0, 0.1) is 6.92 Å². The second-order valence-electron chi connectivity index (χ2n) is 4.06. The molecular formula is C14H11N3O. The number of nitrogens with zero attached hydrogens (tertiary/aromatic N) is 3. The average molecular weight is 237 g/mol. The topological polar surface area (TPSA) is 47.8 Å². The highest BCUT2D eigenvalue weighted by molar-refractivity contribution is 5.58. The lowest BCUT2D eigenvalue weighted by atomic mass is 10.2. The van der Waals surface area contributed by atoms with Crippen molar-refractivity contribution < 1.29 is 0 Å². The van der Waals surface area contributed by atoms with Gasteiger partial charge in [0.2, 0.25) is 0 Å². The Balaban J connectivity index is 2.24. The van der Waals surface area contributed by atoms with Crippen LogP contribution in [0.5, 0.6) is 0 Å². The minimum atomic E-state index is -0.234. The van der Waals surface area contributed by atoms with Gasteiger partial charge in [-0.2, -0.15) is 4.98 Å². The van der Waals surface area contributed by atoms with Crippen molar-refractivity contribution in [2.75, 3.05) is 0 Å². The van der Waals surface area contributed by atoms with E-state index in [-0.39, 0.29) is 5.56 Å². The second-order valence-corrected chi connectivity index (χ2v) is 4.06. The zero-order valence-electron chi connectivity index (χ0n) is 9.87. The van der Waals surface area contributed by atoms with Crippen molar-refractivity contribution in [2.24, 2.45) is 0 Å². The maximum atomic E-state index is 11.8. The van der Waals surface area contributed by atoms with Gasteiger partial charge >= 0.3 is 0 Å². The third kappa shape index (κ3) is 1.78. The Morgan fingerprint density at radius 1 is 1.06 bits per heavy atom. The Hall–Kier alpha value is -2.49. The summed E-state index contributed by atoms with van der Waals surface area (Å²) in [6.45, 7) is 1.72. The molecule has 0 radical (unpaired) electrons. The van der Waals surface area contributed by atoms with Crippen LogP contribution in [0.4, 0.5) is 0 Å². The van der Waals surface area contributed by atoms with Gasteiger partial charge in [-0.15, -0.1) is 0 Å². The van der Waals surface area contributed by atoms with Crippen molar-refractivity contribution in [3.63, 3.8) is 0 Å². The molecule has 2 heterocycles. The third-order valence-electron chi connectivity index (χ3n) is 2.77. The maximum absolute atomic E-state index is 11.8. The number of fused-ring (bicyclic) bond motifs is 1. The number of rotatable bonds is 1. The molecule has 4 nitrogen and oxygen atoms in total. The van der Waals surface area contributed by atoms with Crippen molar-refractivity contribution in [1.82, 2.24) is 14.5 Å². The molecule has 0 atom stereocenters. The minimum Gasteiger partial charge on any atom is -0.323 e. The van der Waals surface area contributed by atoms with Crippen LogP contribution in [0.15, 0.2) is 53.6 Å². The molecule has 4 heteroatoms. The summed E-state index contributed by atoms with van der Waals surface area (Å²) in [4.78, 5) is 19.9. The highest BCUT2D eigenvalue weighted by Crippen LogP contribution is 2.16. The molecule has 18 heavy (non-hydrogen) atoms. The molecule has 0 unspecified atom stereocenters. The molecule has 1 aromatic carbocycles. The fourth-order valence-electron chi connectivity index (χ4n) is 1.92. The predicted octanol–water partition coefficient (Wildman–Crippen LogP) is 2.04. The van der Waals surface area contributed by atoms with Crippen LogP contribution >= 0.6 is 0 Å². The van der Waals surface area contributed by atoms with E-state index >= 15 is 0 Å². The molecule has 2 aliphatic rings. The van der Waals surface area contributed by atoms with Gasteiger partial charge in [-0.1, -0.05) is 18.2 Å². The number of aryl methyl sites for hydroxylation is 1. The Kier molecular flexibility index (Phi) is 2.41. The van der Waals surface area contributed by atoms with E-state index in [0.717, 1.165) is 5.69 Å². The lowest BCUT2D eigenvalue weighted by molar-refractivity contribution is 0.981. The summed E-state index contributed by atoms with van der Waals surface area (Å²) in [7, 11) is 0. The smallest absolute Gasteiger partial charge is 0.282 e. The molecule has 0 bridgehead atoms. The number of benzene rings is 1. The SMILES string of the molecule is Cc1nc2ccn(-c3ccccc3)cc-2c(=O)n1. The first-order valence-corrected chi connectivity index (χ1v) is 5.66. The Morgan fingerprint density at radius 3 is 2.61 bits per heavy atom. The summed E-state index contributed by atoms with van der Waals surface area (Å²) >= 11 is 0. The van der Waals surface area contributed by atoms with Crippen molar-refractivity contribution >= 4 is 0 Å². The van der Waals surface area contributed by atoms with Gasteiger partial charge in [-0.3, -0.25) is 4.79 Å². The quantitative estimate of drug-likeness (QED) is 0.650. The molecule has 1 aromatic rings. The maximum Gasteiger partial charge on any atom is 0.282 e. The molecule has 0 amide bonds. The first-order chi connectivity index (χ1) is 8.74. The van der Waals surface area contributed by atoms with Gasteiger partial charge in [0.1, 0.15) is 5.82 Å². The van der Waals surface area contributed by atoms with Crippen molar-refractivity contribution in [3.05, 3.63) is 65.0 Å². The fourth-order valence-corrected chi connectivity index (χ4v) is 1.92. The van der Waals surface area contributed by atoms with Crippen LogP contribution in [0.3, 0.4) is 0 Å². The Labute approximate surface area is 104 Å². The van der Waals surface area contributed by atoms with Crippen LogP contribution < -0.4 is 5.56 Å². The van der Waals surface area contributed by atoms with Crippen LogP contribution in [0.25, 0.3) is 16.9 Å². The monoisotopic (exact) mass is 237 g/mol. The first-order valence-electron chi connectivity index (χ1n) is 5.66. The molecule has 0 aromatic heterocycles. The lowest BCUT2D eigenvalue weighted by Crippen LogP contribution is -2.15. The van der Waals surface area contributed by atoms with Crippen LogP contribution in [-0.4, -0.2) is 14.5 Å². The van der Waals surface area contributed by atoms with E-state index in [0.29, 0.717) is 17.1 Å². The molecule has 2 aliphatic heterocycles. The predicted molar refractivity (Wildman–Crippen MR) is 69.0 cm³/mol. The zero-order valence-corrected chi connectivity index (χ0v) is 9.87. The summed E-state index contributed by atoms with van der Waals surface area (Å²) in [6.07, 6.45) is 3.66. The highest BCUT2D eigenvalue weighted by Gasteiger charge is 2.10. The van der Waals surface area contributed by atoms with E-state index < -0.39 is 0 Å². The van der Waals surface area contributed by atoms with E-state index in [1.807, 2.05) is 47.2 Å². The van der Waals surface area contributed by atoms with Gasteiger partial charge in [0.05, 0.1) is 11.3 Å². The summed E-state index contributed by atoms with van der Waals surface area (Å²) in [5.41, 5.74) is 1.98. The molecule has 0 saturated heterocycles. The largest absolute Gasteiger partial charge is 0.323 e. The van der Waals surface area contributed by atoms with Gasteiger partial charge in [0.15, 0.2) is 0 Å². The second kappa shape index (κ2) is 4.07. The summed E-state index contributed by atoms with van der Waals surface area (Å²) in [5, 5.41) is 0. The first kappa shape index (κ1) is 10.7. The van der Waals surface area contributed by atoms with Crippen molar-refractivity contribution in [1.29, 1.82) is 0 Å². The van der Waals surface area contributed by atoms with E-state index in [9.17, 15) is 4.79 Å². The normalized spacial score (nSPS) is 10.7. The minimum absolute atomic E-state index is 0.234. The van der Waals surface area contributed by atoms with Gasteiger partial charge in [0.25, 0.3) is 5.56 Å². The van der Waals surface area contributed by atoms with Crippen LogP contribution in [0.2, 0.25) is 0 Å². The van der Waals surface area contributed by atoms with Gasteiger partial charge in [0, 0.05) is 18.1 Å². The number of para-hydroxylation sites is 1. The fraction of sp³-hybridized carbons (Fsp3) is 0.0714. The van der Waals surface area contributed by atoms with Gasteiger partial charge < -0.3 is 4.57 Å². The number of hydrogen-bond donors (Lipinski definition) is 0. The molecular weight excluding hydrogens is 226 g/mol. The highest BCUT2D eigenvalue weighted by atomic mass is 16.1. The average Bonchev–Trinajstić information content (AvgIpc) is 2.39. The molecule has 0 aliphatic carbocycles. The zero-order chi connectivity index (χ0) is 12.5. The van der Waals surface area contributed by atoms with E-state index in [2.05, 4.69) is 9.97 Å². The van der Waals surface area contributed by atoms with E-state index in [1.54, 1.807) is 13.1 Å². The number of pyridine rings is 1. The summed E-state index contributed by atoms with van der Waals surface area (Å²) in [6, 6.07) is 11.7. The van der Waals surface area contributed by atoms with E-state index in [1.165, 1.54) is 0 Å². The molecule has 0 spiro atoms. The molecule has 0 saturated carbocycles. The van der Waals surface area contributed by atoms with Gasteiger partial charge in [-0.25, -0.2) is 4.98 Å². The standard InChI is InChI=1S/C14H11N3O/c1-10-15-13-7-8-17(9-12(13)14(18)16-10)11-5-3-2-4-6-11/h2-9H,1H3. The molecule has 0 fully saturated rings. The summed E-state index contributed by atoms with van der Waals surface area (Å²) in [5.74, 6) is 0.505. The number of aromatic nitrogens is 3. The van der Waals surface area contributed by atoms with Gasteiger partial charge in [-0.05, 0) is 25.1 Å².